The second kappa shape index (κ2) is 8.46. The van der Waals surface area contributed by atoms with E-state index in [1.807, 2.05) is 6.92 Å². The van der Waals surface area contributed by atoms with Gasteiger partial charge in [0.05, 0.1) is 23.5 Å². The van der Waals surface area contributed by atoms with Crippen LogP contribution in [0.15, 0.2) is 47.5 Å². The van der Waals surface area contributed by atoms with E-state index >= 15 is 0 Å². The molecule has 0 aliphatic carbocycles. The van der Waals surface area contributed by atoms with Crippen LogP contribution in [-0.4, -0.2) is 38.5 Å². The molecule has 0 bridgehead atoms. The maximum absolute atomic E-state index is 13.4. The van der Waals surface area contributed by atoms with Crippen LogP contribution in [0.2, 0.25) is 0 Å². The van der Waals surface area contributed by atoms with E-state index in [1.165, 1.54) is 29.4 Å². The van der Waals surface area contributed by atoms with Crippen LogP contribution < -0.4 is 19.9 Å². The summed E-state index contributed by atoms with van der Waals surface area (Å²) < 4.78 is 36.7. The minimum absolute atomic E-state index is 0.0844. The molecule has 1 amide bonds. The summed E-state index contributed by atoms with van der Waals surface area (Å²) in [6.45, 7) is 3.27. The Morgan fingerprint density at radius 1 is 1.22 bits per heavy atom. The Labute approximate surface area is 202 Å². The molecule has 1 N–H and O–H groups in total. The van der Waals surface area contributed by atoms with Gasteiger partial charge in [0.15, 0.2) is 17.0 Å². The van der Waals surface area contributed by atoms with Gasteiger partial charge in [0.2, 0.25) is 5.91 Å². The number of hydrogen-bond donors (Lipinski definition) is 1. The first-order valence-electron chi connectivity index (χ1n) is 10.9. The topological polar surface area (TPSA) is 126 Å². The number of aromatic nitrogens is 4. The SMILES string of the molecule is CCN(C(=O)Cn1nc(-c2cc(C)cc(C#N)c2)c2[nH]cnc2c1=O)c1ccc2c(c1)OC(F)(F)O2. The number of likely N-dealkylation sites (N-methyl/N-ethyl adjacent to an activating group) is 1. The molecule has 0 saturated heterocycles. The molecule has 36 heavy (non-hydrogen) atoms. The zero-order valence-electron chi connectivity index (χ0n) is 19.1. The van der Waals surface area contributed by atoms with Gasteiger partial charge in [-0.3, -0.25) is 9.59 Å². The number of carbonyl (C=O) groups is 1. The lowest BCUT2D eigenvalue weighted by molar-refractivity contribution is -0.286. The number of nitriles is 1. The van der Waals surface area contributed by atoms with Gasteiger partial charge in [-0.1, -0.05) is 0 Å². The smallest absolute Gasteiger partial charge is 0.395 e. The highest BCUT2D eigenvalue weighted by Gasteiger charge is 2.43. The normalized spacial score (nSPS) is 13.5. The Morgan fingerprint density at radius 2 is 2.00 bits per heavy atom. The Morgan fingerprint density at radius 3 is 2.75 bits per heavy atom. The minimum Gasteiger partial charge on any atom is -0.395 e. The van der Waals surface area contributed by atoms with Gasteiger partial charge in [0, 0.05) is 23.9 Å². The van der Waals surface area contributed by atoms with Crippen molar-refractivity contribution in [2.45, 2.75) is 26.7 Å². The predicted octanol–water partition coefficient (Wildman–Crippen LogP) is 3.34. The molecule has 2 aromatic heterocycles. The van der Waals surface area contributed by atoms with Gasteiger partial charge >= 0.3 is 6.29 Å². The number of nitrogens with zero attached hydrogens (tertiary/aromatic N) is 5. The highest BCUT2D eigenvalue weighted by molar-refractivity contribution is 5.94. The lowest BCUT2D eigenvalue weighted by Gasteiger charge is -2.21. The first-order valence-corrected chi connectivity index (χ1v) is 10.9. The number of hydrogen-bond acceptors (Lipinski definition) is 7. The summed E-state index contributed by atoms with van der Waals surface area (Å²) in [7, 11) is 0. The molecular weight excluding hydrogens is 474 g/mol. The fraction of sp³-hybridized carbons (Fsp3) is 0.208. The molecule has 12 heteroatoms. The molecular formula is C24H18F2N6O4. The number of rotatable bonds is 5. The molecule has 1 aliphatic heterocycles. The Bertz CT molecular complexity index is 1620. The molecule has 1 aliphatic rings. The maximum atomic E-state index is 13.4. The average Bonchev–Trinajstić information content (AvgIpc) is 3.44. The standard InChI is InChI=1S/C24H18F2N6O4/c1-3-31(16-4-5-17-18(9-16)36-24(25,26)35-17)19(33)11-32-23(34)22-21(28-12-29-22)20(30-32)15-7-13(2)6-14(8-15)10-27/h4-9,12H,3,11H2,1-2H3,(H,28,29). The number of alkyl halides is 2. The van der Waals surface area contributed by atoms with Crippen molar-refractivity contribution in [2.24, 2.45) is 0 Å². The van der Waals surface area contributed by atoms with E-state index in [2.05, 4.69) is 30.6 Å². The van der Waals surface area contributed by atoms with Crippen molar-refractivity contribution in [3.8, 4) is 28.8 Å². The van der Waals surface area contributed by atoms with E-state index in [-0.39, 0.29) is 29.2 Å². The van der Waals surface area contributed by atoms with Crippen molar-refractivity contribution in [3.05, 3.63) is 64.2 Å². The summed E-state index contributed by atoms with van der Waals surface area (Å²) in [5.41, 5.74) is 2.32. The summed E-state index contributed by atoms with van der Waals surface area (Å²) in [6.07, 6.45) is -2.43. The van der Waals surface area contributed by atoms with Crippen molar-refractivity contribution in [2.75, 3.05) is 11.4 Å². The minimum atomic E-state index is -3.78. The zero-order valence-corrected chi connectivity index (χ0v) is 19.1. The molecule has 0 spiro atoms. The van der Waals surface area contributed by atoms with Crippen LogP contribution in [0.5, 0.6) is 11.5 Å². The number of aromatic amines is 1. The molecule has 4 aromatic rings. The third kappa shape index (κ3) is 4.00. The van der Waals surface area contributed by atoms with E-state index in [0.29, 0.717) is 22.3 Å². The van der Waals surface area contributed by atoms with Crippen LogP contribution in [-0.2, 0) is 11.3 Å². The van der Waals surface area contributed by atoms with Crippen LogP contribution >= 0.6 is 0 Å². The molecule has 0 radical (unpaired) electrons. The first-order chi connectivity index (χ1) is 17.2. The van der Waals surface area contributed by atoms with Crippen molar-refractivity contribution >= 4 is 22.6 Å². The van der Waals surface area contributed by atoms with Crippen molar-refractivity contribution in [3.63, 3.8) is 0 Å². The van der Waals surface area contributed by atoms with Crippen LogP contribution in [0.25, 0.3) is 22.3 Å². The molecule has 3 heterocycles. The number of benzene rings is 2. The number of ether oxygens (including phenoxy) is 2. The quantitative estimate of drug-likeness (QED) is 0.453. The van der Waals surface area contributed by atoms with E-state index in [0.717, 1.165) is 10.2 Å². The van der Waals surface area contributed by atoms with Crippen molar-refractivity contribution in [1.82, 2.24) is 19.7 Å². The van der Waals surface area contributed by atoms with Crippen LogP contribution in [0.1, 0.15) is 18.1 Å². The summed E-state index contributed by atoms with van der Waals surface area (Å²) in [5, 5.41) is 13.8. The van der Waals surface area contributed by atoms with E-state index < -0.39 is 24.3 Å². The molecule has 182 valence electrons. The second-order valence-electron chi connectivity index (χ2n) is 8.07. The van der Waals surface area contributed by atoms with Gasteiger partial charge in [0.1, 0.15) is 12.2 Å². The van der Waals surface area contributed by atoms with E-state index in [9.17, 15) is 23.6 Å². The molecule has 0 fully saturated rings. The second-order valence-corrected chi connectivity index (χ2v) is 8.07. The summed E-state index contributed by atoms with van der Waals surface area (Å²) in [5.74, 6) is -0.860. The molecule has 5 rings (SSSR count). The number of H-pyrrole nitrogens is 1. The van der Waals surface area contributed by atoms with Crippen LogP contribution in [0.3, 0.4) is 0 Å². The average molecular weight is 492 g/mol. The van der Waals surface area contributed by atoms with Crippen LogP contribution in [0.4, 0.5) is 14.5 Å². The Balaban J connectivity index is 1.52. The molecule has 0 unspecified atom stereocenters. The fourth-order valence-corrected chi connectivity index (χ4v) is 4.09. The number of carbonyl (C=O) groups excluding carboxylic acids is 1. The molecule has 0 saturated carbocycles. The molecule has 2 aromatic carbocycles. The number of fused-ring (bicyclic) bond motifs is 2. The number of anilines is 1. The van der Waals surface area contributed by atoms with Gasteiger partial charge in [0.25, 0.3) is 5.56 Å². The number of amides is 1. The summed E-state index contributed by atoms with van der Waals surface area (Å²) in [4.78, 5) is 34.6. The predicted molar refractivity (Wildman–Crippen MR) is 124 cm³/mol. The van der Waals surface area contributed by atoms with Crippen LogP contribution in [0, 0.1) is 18.3 Å². The summed E-state index contributed by atoms with van der Waals surface area (Å²) >= 11 is 0. The van der Waals surface area contributed by atoms with Gasteiger partial charge in [-0.15, -0.1) is 8.78 Å². The number of halogens is 2. The van der Waals surface area contributed by atoms with E-state index in [1.54, 1.807) is 25.1 Å². The number of nitrogens with one attached hydrogen (secondary N) is 1. The first kappa shape index (κ1) is 23.0. The largest absolute Gasteiger partial charge is 0.586 e. The summed E-state index contributed by atoms with van der Waals surface area (Å²) in [6, 6.07) is 11.2. The third-order valence-corrected chi connectivity index (χ3v) is 5.61. The Kier molecular flexibility index (Phi) is 5.40. The van der Waals surface area contributed by atoms with Gasteiger partial charge < -0.3 is 19.4 Å². The third-order valence-electron chi connectivity index (χ3n) is 5.61. The monoisotopic (exact) mass is 492 g/mol. The van der Waals surface area contributed by atoms with Gasteiger partial charge in [-0.05, 0) is 49.7 Å². The van der Waals surface area contributed by atoms with Crippen molar-refractivity contribution < 1.29 is 23.0 Å². The zero-order chi connectivity index (χ0) is 25.6. The lowest BCUT2D eigenvalue weighted by atomic mass is 10.0. The highest BCUT2D eigenvalue weighted by Crippen LogP contribution is 2.42. The maximum Gasteiger partial charge on any atom is 0.586 e. The number of aryl methyl sites for hydroxylation is 1. The lowest BCUT2D eigenvalue weighted by Crippen LogP contribution is -2.37. The molecule has 0 atom stereocenters. The Hall–Kier alpha value is -4.79. The van der Waals surface area contributed by atoms with Gasteiger partial charge in [-0.2, -0.15) is 10.4 Å². The fourth-order valence-electron chi connectivity index (χ4n) is 4.09. The van der Waals surface area contributed by atoms with Crippen molar-refractivity contribution in [1.29, 1.82) is 5.26 Å². The number of imidazole rings is 1. The van der Waals surface area contributed by atoms with E-state index in [4.69, 9.17) is 0 Å². The highest BCUT2D eigenvalue weighted by atomic mass is 19.3. The van der Waals surface area contributed by atoms with Gasteiger partial charge in [-0.25, -0.2) is 9.67 Å². The molecule has 10 nitrogen and oxygen atoms in total.